The molecule has 1 fully saturated rings. The van der Waals surface area contributed by atoms with Crippen LogP contribution >= 0.6 is 0 Å². The molecule has 4 rings (SSSR count). The van der Waals surface area contributed by atoms with Gasteiger partial charge in [-0.3, -0.25) is 9.59 Å². The highest BCUT2D eigenvalue weighted by atomic mass is 16.2. The van der Waals surface area contributed by atoms with Gasteiger partial charge in [0.05, 0.1) is 5.41 Å². The molecule has 2 N–H and O–H groups in total. The first-order chi connectivity index (χ1) is 13.1. The van der Waals surface area contributed by atoms with Crippen LogP contribution in [0, 0.1) is 0 Å². The van der Waals surface area contributed by atoms with Crippen LogP contribution in [0.15, 0.2) is 54.6 Å². The minimum Gasteiger partial charge on any atom is -0.369 e. The molecule has 1 heterocycles. The van der Waals surface area contributed by atoms with E-state index in [9.17, 15) is 9.59 Å². The van der Waals surface area contributed by atoms with Gasteiger partial charge in [0.15, 0.2) is 0 Å². The largest absolute Gasteiger partial charge is 0.369 e. The number of nitrogens with two attached hydrogens (primary N) is 1. The number of rotatable bonds is 4. The van der Waals surface area contributed by atoms with Crippen LogP contribution in [0.25, 0.3) is 0 Å². The number of carbonyl (C=O) groups excluding carboxylic acids is 2. The van der Waals surface area contributed by atoms with Gasteiger partial charge in [-0.1, -0.05) is 54.6 Å². The van der Waals surface area contributed by atoms with E-state index in [-0.39, 0.29) is 11.8 Å². The van der Waals surface area contributed by atoms with Crippen molar-refractivity contribution in [1.29, 1.82) is 0 Å². The molecule has 1 saturated heterocycles. The highest BCUT2D eigenvalue weighted by Gasteiger charge is 2.42. The number of amides is 2. The number of primary amides is 1. The highest BCUT2D eigenvalue weighted by Crippen LogP contribution is 2.38. The van der Waals surface area contributed by atoms with Crippen molar-refractivity contribution in [3.63, 3.8) is 0 Å². The van der Waals surface area contributed by atoms with E-state index in [2.05, 4.69) is 24.3 Å². The van der Waals surface area contributed by atoms with E-state index < -0.39 is 5.41 Å². The fourth-order valence-corrected chi connectivity index (χ4v) is 4.77. The molecular weight excluding hydrogens is 336 g/mol. The fraction of sp³-hybridized carbons (Fsp3) is 0.391. The number of benzene rings is 2. The molecule has 1 aliphatic heterocycles. The van der Waals surface area contributed by atoms with E-state index in [1.165, 1.54) is 11.1 Å². The zero-order chi connectivity index (χ0) is 18.9. The van der Waals surface area contributed by atoms with E-state index in [4.69, 9.17) is 5.73 Å². The third-order valence-electron chi connectivity index (χ3n) is 6.45. The Morgan fingerprint density at radius 1 is 1.00 bits per heavy atom. The van der Waals surface area contributed by atoms with Crippen LogP contribution in [0.3, 0.4) is 0 Å². The van der Waals surface area contributed by atoms with Crippen LogP contribution in [-0.4, -0.2) is 29.8 Å². The number of nitrogens with zero attached hydrogens (tertiary/aromatic N) is 1. The summed E-state index contributed by atoms with van der Waals surface area (Å²) in [5.41, 5.74) is 8.82. The maximum Gasteiger partial charge on any atom is 0.228 e. The van der Waals surface area contributed by atoms with Gasteiger partial charge in [-0.2, -0.15) is 0 Å². The molecule has 1 unspecified atom stereocenters. The lowest BCUT2D eigenvalue weighted by Gasteiger charge is -2.40. The number of hydrogen-bond donors (Lipinski definition) is 1. The average Bonchev–Trinajstić information content (AvgIpc) is 3.11. The zero-order valence-electron chi connectivity index (χ0n) is 15.6. The second-order valence-electron chi connectivity index (χ2n) is 7.83. The Hall–Kier alpha value is -2.62. The van der Waals surface area contributed by atoms with Gasteiger partial charge in [0.1, 0.15) is 0 Å². The first-order valence-corrected chi connectivity index (χ1v) is 9.81. The van der Waals surface area contributed by atoms with E-state index in [0.29, 0.717) is 38.3 Å². The summed E-state index contributed by atoms with van der Waals surface area (Å²) in [5.74, 6) is 0.235. The number of likely N-dealkylation sites (tertiary alicyclic amines) is 1. The average molecular weight is 362 g/mol. The summed E-state index contributed by atoms with van der Waals surface area (Å²) in [6.07, 6.45) is 3.87. The van der Waals surface area contributed by atoms with Gasteiger partial charge in [0, 0.05) is 19.5 Å². The molecule has 0 spiro atoms. The van der Waals surface area contributed by atoms with Crippen LogP contribution in [0.2, 0.25) is 0 Å². The third-order valence-corrected chi connectivity index (χ3v) is 6.45. The van der Waals surface area contributed by atoms with Crippen molar-refractivity contribution in [3.05, 3.63) is 71.3 Å². The summed E-state index contributed by atoms with van der Waals surface area (Å²) in [5, 5.41) is 0. The van der Waals surface area contributed by atoms with Gasteiger partial charge in [0.25, 0.3) is 0 Å². The second kappa shape index (κ2) is 7.18. The third kappa shape index (κ3) is 3.25. The fourth-order valence-electron chi connectivity index (χ4n) is 4.77. The number of hydrogen-bond acceptors (Lipinski definition) is 2. The predicted molar refractivity (Wildman–Crippen MR) is 105 cm³/mol. The van der Waals surface area contributed by atoms with Crippen molar-refractivity contribution in [2.75, 3.05) is 13.1 Å². The lowest BCUT2D eigenvalue weighted by atomic mass is 9.72. The Morgan fingerprint density at radius 2 is 1.67 bits per heavy atom. The van der Waals surface area contributed by atoms with Crippen molar-refractivity contribution in [1.82, 2.24) is 4.90 Å². The van der Waals surface area contributed by atoms with Crippen molar-refractivity contribution in [3.8, 4) is 0 Å². The van der Waals surface area contributed by atoms with Gasteiger partial charge >= 0.3 is 0 Å². The molecular formula is C23H26N2O2. The lowest BCUT2D eigenvalue weighted by molar-refractivity contribution is -0.136. The molecule has 0 aromatic heterocycles. The molecule has 1 atom stereocenters. The molecule has 1 aliphatic carbocycles. The van der Waals surface area contributed by atoms with Crippen molar-refractivity contribution < 1.29 is 9.59 Å². The first-order valence-electron chi connectivity index (χ1n) is 9.81. The van der Waals surface area contributed by atoms with Crippen LogP contribution < -0.4 is 5.73 Å². The number of carbonyl (C=O) groups is 2. The van der Waals surface area contributed by atoms with Crippen LogP contribution in [-0.2, 0) is 21.4 Å². The maximum atomic E-state index is 12.9. The number of piperidine rings is 1. The van der Waals surface area contributed by atoms with Gasteiger partial charge < -0.3 is 10.6 Å². The van der Waals surface area contributed by atoms with E-state index >= 15 is 0 Å². The molecule has 4 nitrogen and oxygen atoms in total. The second-order valence-corrected chi connectivity index (χ2v) is 7.83. The topological polar surface area (TPSA) is 63.4 Å². The van der Waals surface area contributed by atoms with Gasteiger partial charge in [0.2, 0.25) is 11.8 Å². The Kier molecular flexibility index (Phi) is 4.73. The van der Waals surface area contributed by atoms with Crippen LogP contribution in [0.1, 0.15) is 48.3 Å². The predicted octanol–water partition coefficient (Wildman–Crippen LogP) is 3.15. The molecule has 2 amide bonds. The Morgan fingerprint density at radius 3 is 2.37 bits per heavy atom. The van der Waals surface area contributed by atoms with Gasteiger partial charge in [-0.25, -0.2) is 0 Å². The summed E-state index contributed by atoms with van der Waals surface area (Å²) in [7, 11) is 0. The van der Waals surface area contributed by atoms with Crippen molar-refractivity contribution in [2.45, 2.75) is 43.4 Å². The monoisotopic (exact) mass is 362 g/mol. The number of aryl methyl sites for hydroxylation is 1. The smallest absolute Gasteiger partial charge is 0.228 e. The minimum atomic E-state index is -0.655. The summed E-state index contributed by atoms with van der Waals surface area (Å²) >= 11 is 0. The van der Waals surface area contributed by atoms with Crippen molar-refractivity contribution >= 4 is 11.8 Å². The Labute approximate surface area is 160 Å². The van der Waals surface area contributed by atoms with Crippen LogP contribution in [0.5, 0.6) is 0 Å². The molecule has 2 aromatic rings. The molecule has 2 aromatic carbocycles. The molecule has 27 heavy (non-hydrogen) atoms. The lowest BCUT2D eigenvalue weighted by Crippen LogP contribution is -2.51. The Bertz CT molecular complexity index is 838. The standard InChI is InChI=1S/C23H26N2O2/c24-22(27)23(19-7-2-1-3-8-19)12-14-25(15-13-23)21(26)16-18-11-10-17-6-4-5-9-20(17)18/h1-9,18H,10-16H2,(H2,24,27). The quantitative estimate of drug-likeness (QED) is 0.908. The molecule has 2 aliphatic rings. The first kappa shape index (κ1) is 17.8. The molecule has 140 valence electrons. The van der Waals surface area contributed by atoms with Crippen molar-refractivity contribution in [2.24, 2.45) is 5.73 Å². The van der Waals surface area contributed by atoms with E-state index in [1.807, 2.05) is 35.2 Å². The molecule has 0 saturated carbocycles. The molecule has 0 bridgehead atoms. The summed E-state index contributed by atoms with van der Waals surface area (Å²) in [6, 6.07) is 18.2. The maximum absolute atomic E-state index is 12.9. The summed E-state index contributed by atoms with van der Waals surface area (Å²) in [6.45, 7) is 1.18. The van der Waals surface area contributed by atoms with Gasteiger partial charge in [-0.15, -0.1) is 0 Å². The normalized spacial score (nSPS) is 20.9. The highest BCUT2D eigenvalue weighted by molar-refractivity contribution is 5.87. The van der Waals surface area contributed by atoms with E-state index in [1.54, 1.807) is 0 Å². The SMILES string of the molecule is NC(=O)C1(c2ccccc2)CCN(C(=O)CC2CCc3ccccc32)CC1. The summed E-state index contributed by atoms with van der Waals surface area (Å²) < 4.78 is 0. The molecule has 0 radical (unpaired) electrons. The van der Waals surface area contributed by atoms with E-state index in [0.717, 1.165) is 18.4 Å². The number of fused-ring (bicyclic) bond motifs is 1. The summed E-state index contributed by atoms with van der Waals surface area (Å²) in [4.78, 5) is 27.1. The zero-order valence-corrected chi connectivity index (χ0v) is 15.6. The minimum absolute atomic E-state index is 0.197. The van der Waals surface area contributed by atoms with Crippen LogP contribution in [0.4, 0.5) is 0 Å². The van der Waals surface area contributed by atoms with Gasteiger partial charge in [-0.05, 0) is 48.3 Å². The molecule has 4 heteroatoms. The Balaban J connectivity index is 1.43.